The number of nitrogens with zero attached hydrogens (tertiary/aromatic N) is 2. The van der Waals surface area contributed by atoms with Crippen molar-refractivity contribution in [2.24, 2.45) is 5.92 Å². The van der Waals surface area contributed by atoms with E-state index in [1.807, 2.05) is 0 Å². The van der Waals surface area contributed by atoms with Crippen LogP contribution >= 0.6 is 0 Å². The summed E-state index contributed by atoms with van der Waals surface area (Å²) in [4.78, 5) is 49.9. The number of nitrogens with one attached hydrogen (secondary N) is 1. The summed E-state index contributed by atoms with van der Waals surface area (Å²) in [5.74, 6) is -3.67. The predicted octanol–water partition coefficient (Wildman–Crippen LogP) is 0.0772. The molecule has 1 heterocycles. The molecule has 11 heteroatoms. The Morgan fingerprint density at radius 2 is 1.61 bits per heavy atom. The first-order valence-electron chi connectivity index (χ1n) is 10.7. The lowest BCUT2D eigenvalue weighted by atomic mass is 9.85. The molecule has 1 aromatic rings. The molecule has 2 aliphatic carbocycles. The number of carboxylic acids is 1. The van der Waals surface area contributed by atoms with E-state index in [0.29, 0.717) is 32.1 Å². The number of amides is 1. The molecule has 0 radical (unpaired) electrons. The second kappa shape index (κ2) is 9.65. The smallest absolute Gasteiger partial charge is 0.334 e. The molecule has 1 aromatic heterocycles. The van der Waals surface area contributed by atoms with Crippen molar-refractivity contribution in [2.45, 2.75) is 76.2 Å². The topological polar surface area (TPSA) is 171 Å². The summed E-state index contributed by atoms with van der Waals surface area (Å²) in [6.45, 7) is -0.748. The van der Waals surface area contributed by atoms with Crippen LogP contribution in [0.2, 0.25) is 0 Å². The van der Waals surface area contributed by atoms with Gasteiger partial charge in [-0.2, -0.15) is 0 Å². The van der Waals surface area contributed by atoms with Crippen molar-refractivity contribution in [1.82, 2.24) is 14.5 Å². The van der Waals surface area contributed by atoms with Gasteiger partial charge in [0.1, 0.15) is 6.54 Å². The summed E-state index contributed by atoms with van der Waals surface area (Å²) in [6, 6.07) is -1.05. The van der Waals surface area contributed by atoms with E-state index in [2.05, 4.69) is 5.32 Å². The highest BCUT2D eigenvalue weighted by atomic mass is 16.5. The van der Waals surface area contributed by atoms with Crippen molar-refractivity contribution in [3.05, 3.63) is 26.4 Å². The number of rotatable bonds is 6. The molecule has 5 N–H and O–H groups in total. The van der Waals surface area contributed by atoms with Crippen molar-refractivity contribution in [3.63, 3.8) is 0 Å². The van der Waals surface area contributed by atoms with Crippen LogP contribution in [0.3, 0.4) is 0 Å². The summed E-state index contributed by atoms with van der Waals surface area (Å²) in [5.41, 5.74) is -2.41. The van der Waals surface area contributed by atoms with Crippen LogP contribution in [0, 0.1) is 5.92 Å². The Morgan fingerprint density at radius 3 is 2.23 bits per heavy atom. The number of aromatic nitrogens is 2. The van der Waals surface area contributed by atoms with Crippen molar-refractivity contribution in [3.8, 4) is 5.88 Å². The van der Waals surface area contributed by atoms with Gasteiger partial charge in [-0.1, -0.05) is 25.7 Å². The van der Waals surface area contributed by atoms with Crippen LogP contribution in [0.4, 0.5) is 0 Å². The Balaban J connectivity index is 2.13. The SMILES string of the molecule is O=C(O)CNC(=O)c1c(O)n(C2CCCCC2)c(=O)n(C2CCCC(C(O)O)C2)c1=O. The average Bonchev–Trinajstić information content (AvgIpc) is 2.73. The van der Waals surface area contributed by atoms with Crippen LogP contribution < -0.4 is 16.6 Å². The second-order valence-electron chi connectivity index (χ2n) is 8.39. The van der Waals surface area contributed by atoms with E-state index in [0.717, 1.165) is 28.4 Å². The van der Waals surface area contributed by atoms with Crippen LogP contribution in [0.5, 0.6) is 5.88 Å². The Morgan fingerprint density at radius 1 is 0.968 bits per heavy atom. The maximum atomic E-state index is 13.3. The molecule has 2 unspecified atom stereocenters. The van der Waals surface area contributed by atoms with Gasteiger partial charge in [0.05, 0.1) is 0 Å². The highest BCUT2D eigenvalue weighted by Gasteiger charge is 2.34. The van der Waals surface area contributed by atoms with Crippen LogP contribution in [0.15, 0.2) is 9.59 Å². The van der Waals surface area contributed by atoms with Crippen molar-refractivity contribution < 1.29 is 30.0 Å². The third-order valence-corrected chi connectivity index (χ3v) is 6.34. The minimum absolute atomic E-state index is 0.165. The van der Waals surface area contributed by atoms with Gasteiger partial charge in [-0.05, 0) is 32.1 Å². The molecule has 11 nitrogen and oxygen atoms in total. The molecular formula is C20H29N3O8. The average molecular weight is 439 g/mol. The summed E-state index contributed by atoms with van der Waals surface area (Å²) in [7, 11) is 0. The lowest BCUT2D eigenvalue weighted by Gasteiger charge is -2.32. The predicted molar refractivity (Wildman–Crippen MR) is 108 cm³/mol. The number of aliphatic carboxylic acids is 1. The maximum absolute atomic E-state index is 13.3. The standard InChI is InChI=1S/C20H29N3O8/c24-14(25)10-21-16(26)15-17(27)22(12-6-2-1-3-7-12)20(31)23(18(15)28)13-8-4-5-11(9-13)19(29)30/h11-13,19,27,29-30H,1-10H2,(H,21,26)(H,24,25). The van der Waals surface area contributed by atoms with Crippen molar-refractivity contribution >= 4 is 11.9 Å². The molecular weight excluding hydrogens is 410 g/mol. The van der Waals surface area contributed by atoms with Gasteiger partial charge in [0, 0.05) is 18.0 Å². The zero-order chi connectivity index (χ0) is 22.7. The molecule has 0 aromatic carbocycles. The van der Waals surface area contributed by atoms with Gasteiger partial charge in [-0.25, -0.2) is 4.79 Å². The first kappa shape index (κ1) is 23.0. The van der Waals surface area contributed by atoms with Gasteiger partial charge in [0.2, 0.25) is 5.88 Å². The number of carbonyl (C=O) groups excluding carboxylic acids is 1. The quantitative estimate of drug-likeness (QED) is 0.388. The summed E-state index contributed by atoms with van der Waals surface area (Å²) < 4.78 is 2.01. The van der Waals surface area contributed by atoms with Gasteiger partial charge in [-0.15, -0.1) is 0 Å². The van der Waals surface area contributed by atoms with Gasteiger partial charge in [0.25, 0.3) is 11.5 Å². The molecule has 2 fully saturated rings. The van der Waals surface area contributed by atoms with Crippen LogP contribution in [-0.4, -0.2) is 54.3 Å². The summed E-state index contributed by atoms with van der Waals surface area (Å²) >= 11 is 0. The Labute approximate surface area is 177 Å². The molecule has 0 bridgehead atoms. The molecule has 0 saturated heterocycles. The number of aliphatic hydroxyl groups excluding tert-OH is 1. The molecule has 31 heavy (non-hydrogen) atoms. The fraction of sp³-hybridized carbons (Fsp3) is 0.700. The van der Waals surface area contributed by atoms with Crippen LogP contribution in [0.1, 0.15) is 80.2 Å². The fourth-order valence-electron chi connectivity index (χ4n) is 4.77. The zero-order valence-electron chi connectivity index (χ0n) is 17.2. The van der Waals surface area contributed by atoms with Gasteiger partial charge in [-0.3, -0.25) is 23.5 Å². The fourth-order valence-corrected chi connectivity index (χ4v) is 4.77. The monoisotopic (exact) mass is 439 g/mol. The first-order chi connectivity index (χ1) is 14.7. The van der Waals surface area contributed by atoms with Gasteiger partial charge >= 0.3 is 11.7 Å². The molecule has 0 spiro atoms. The van der Waals surface area contributed by atoms with E-state index >= 15 is 0 Å². The molecule has 3 rings (SSSR count). The summed E-state index contributed by atoms with van der Waals surface area (Å²) in [6.07, 6.45) is 3.95. The minimum atomic E-state index is -1.59. The van der Waals surface area contributed by atoms with E-state index in [-0.39, 0.29) is 12.5 Å². The molecule has 172 valence electrons. The number of carbonyl (C=O) groups is 2. The second-order valence-corrected chi connectivity index (χ2v) is 8.39. The molecule has 2 atom stereocenters. The Hall–Kier alpha value is -2.66. The lowest BCUT2D eigenvalue weighted by molar-refractivity contribution is -0.135. The Bertz CT molecular complexity index is 945. The number of hydrogen-bond acceptors (Lipinski definition) is 7. The normalized spacial score (nSPS) is 22.4. The van der Waals surface area contributed by atoms with Gasteiger partial charge in [0.15, 0.2) is 11.9 Å². The van der Waals surface area contributed by atoms with Gasteiger partial charge < -0.3 is 25.7 Å². The number of hydrogen-bond donors (Lipinski definition) is 5. The van der Waals surface area contributed by atoms with Crippen molar-refractivity contribution in [2.75, 3.05) is 6.54 Å². The largest absolute Gasteiger partial charge is 0.494 e. The highest BCUT2D eigenvalue weighted by molar-refractivity contribution is 5.97. The zero-order valence-corrected chi connectivity index (χ0v) is 17.2. The molecule has 0 aliphatic heterocycles. The highest BCUT2D eigenvalue weighted by Crippen LogP contribution is 2.34. The van der Waals surface area contributed by atoms with E-state index in [9.17, 15) is 34.5 Å². The van der Waals surface area contributed by atoms with Crippen molar-refractivity contribution in [1.29, 1.82) is 0 Å². The van der Waals surface area contributed by atoms with E-state index in [4.69, 9.17) is 5.11 Å². The number of aliphatic hydroxyl groups is 2. The Kier molecular flexibility index (Phi) is 7.16. The first-order valence-corrected chi connectivity index (χ1v) is 10.7. The molecule has 2 aliphatic rings. The molecule has 1 amide bonds. The number of carboxylic acid groups (broad SMARTS) is 1. The van der Waals surface area contributed by atoms with E-state index in [1.54, 1.807) is 0 Å². The van der Waals surface area contributed by atoms with E-state index < -0.39 is 59.4 Å². The third-order valence-electron chi connectivity index (χ3n) is 6.34. The third kappa shape index (κ3) is 4.82. The lowest BCUT2D eigenvalue weighted by Crippen LogP contribution is -2.48. The maximum Gasteiger partial charge on any atom is 0.334 e. The molecule has 2 saturated carbocycles. The minimum Gasteiger partial charge on any atom is -0.494 e. The van der Waals surface area contributed by atoms with Crippen LogP contribution in [0.25, 0.3) is 0 Å². The number of aromatic hydroxyl groups is 1. The summed E-state index contributed by atoms with van der Waals surface area (Å²) in [5, 5.41) is 40.8. The van der Waals surface area contributed by atoms with E-state index in [1.165, 1.54) is 0 Å². The van der Waals surface area contributed by atoms with Crippen LogP contribution in [-0.2, 0) is 4.79 Å².